The Bertz CT molecular complexity index is 4080. The fourth-order valence-corrected chi connectivity index (χ4v) is 13.5. The van der Waals surface area contributed by atoms with Crippen LogP contribution in [0.1, 0.15) is 44.5 Å². The van der Waals surface area contributed by atoms with Crippen LogP contribution in [0.4, 0.5) is 34.1 Å². The predicted octanol–water partition coefficient (Wildman–Crippen LogP) is 19.0. The highest BCUT2D eigenvalue weighted by Gasteiger charge is 2.52. The van der Waals surface area contributed by atoms with Gasteiger partial charge >= 0.3 is 0 Å². The van der Waals surface area contributed by atoms with Crippen LogP contribution in [0.2, 0.25) is 0 Å². The summed E-state index contributed by atoms with van der Waals surface area (Å²) in [4.78, 5) is 4.92. The van der Waals surface area contributed by atoms with Crippen LogP contribution in [0.25, 0.3) is 44.5 Å². The minimum absolute atomic E-state index is 0.510. The lowest BCUT2D eigenvalue weighted by Gasteiger charge is -2.35. The first-order valence-electron chi connectivity index (χ1n) is 26.4. The van der Waals surface area contributed by atoms with Crippen molar-refractivity contribution in [3.8, 4) is 44.5 Å². The normalized spacial score (nSPS) is 14.7. The minimum atomic E-state index is -0.616. The van der Waals surface area contributed by atoms with Crippen molar-refractivity contribution in [1.82, 2.24) is 0 Å². The van der Waals surface area contributed by atoms with Gasteiger partial charge in [0.1, 0.15) is 0 Å². The van der Waals surface area contributed by atoms with Crippen molar-refractivity contribution in [3.63, 3.8) is 0 Å². The molecule has 76 heavy (non-hydrogen) atoms. The Morgan fingerprint density at radius 2 is 0.553 bits per heavy atom. The van der Waals surface area contributed by atoms with Gasteiger partial charge in [-0.15, -0.1) is 0 Å². The summed E-state index contributed by atoms with van der Waals surface area (Å²) in [5.41, 5.74) is 25.6. The van der Waals surface area contributed by atoms with E-state index in [1.807, 2.05) is 0 Å². The van der Waals surface area contributed by atoms with E-state index >= 15 is 0 Å². The Morgan fingerprint density at radius 1 is 0.197 bits per heavy atom. The van der Waals surface area contributed by atoms with Crippen LogP contribution >= 0.6 is 0 Å². The third-order valence-electron chi connectivity index (χ3n) is 16.5. The van der Waals surface area contributed by atoms with Gasteiger partial charge in [-0.2, -0.15) is 0 Å². The highest BCUT2D eigenvalue weighted by Crippen LogP contribution is 2.65. The van der Waals surface area contributed by atoms with Gasteiger partial charge in [-0.3, -0.25) is 0 Å². The highest BCUT2D eigenvalue weighted by atomic mass is 15.1. The Morgan fingerprint density at radius 3 is 1.08 bits per heavy atom. The monoisotopic (exact) mass is 966 g/mol. The second kappa shape index (κ2) is 17.4. The molecular weight excluding hydrogens is 917 g/mol. The number of fused-ring (bicyclic) bond motifs is 13. The van der Waals surface area contributed by atoms with Gasteiger partial charge in [0.15, 0.2) is 0 Å². The van der Waals surface area contributed by atoms with E-state index in [1.54, 1.807) is 0 Å². The topological polar surface area (TPSA) is 6.48 Å². The lowest BCUT2D eigenvalue weighted by atomic mass is 9.68. The molecule has 3 aliphatic carbocycles. The maximum absolute atomic E-state index is 2.53. The van der Waals surface area contributed by atoms with Gasteiger partial charge in [0, 0.05) is 34.0 Å². The van der Waals surface area contributed by atoms with Gasteiger partial charge in [-0.1, -0.05) is 237 Å². The first-order valence-corrected chi connectivity index (χ1v) is 26.4. The standard InChI is InChI=1S/C74H50N2/c1-6-24-51(25-7-1)59-34-19-23-41-72(59)76(56-44-47-69-65(48-56)62-37-18-20-38-66(62)73(69,52-26-8-2-9-27-52)53-28-10-3-11-29-53)58-43-46-64-61-36-17-22-40-68(61)74(71(64)50-58)67-39-21-16-35-60(67)63-45-42-57(49-70(63)74)75(54-30-12-4-13-31-54)55-32-14-5-15-33-55/h1-50H. The van der Waals surface area contributed by atoms with Crippen LogP contribution in [0.15, 0.2) is 303 Å². The summed E-state index contributed by atoms with van der Waals surface area (Å²) >= 11 is 0. The van der Waals surface area contributed by atoms with E-state index in [0.29, 0.717) is 0 Å². The Kier molecular flexibility index (Phi) is 10.0. The molecule has 1 unspecified atom stereocenters. The molecule has 12 aromatic rings. The van der Waals surface area contributed by atoms with E-state index in [9.17, 15) is 0 Å². The Labute approximate surface area is 444 Å². The molecule has 0 aromatic heterocycles. The van der Waals surface area contributed by atoms with Gasteiger partial charge in [-0.25, -0.2) is 0 Å². The van der Waals surface area contributed by atoms with Gasteiger partial charge in [0.25, 0.3) is 0 Å². The predicted molar refractivity (Wildman–Crippen MR) is 315 cm³/mol. The number of rotatable bonds is 9. The van der Waals surface area contributed by atoms with Crippen molar-refractivity contribution in [1.29, 1.82) is 0 Å². The third kappa shape index (κ3) is 6.34. The van der Waals surface area contributed by atoms with Crippen LogP contribution in [-0.4, -0.2) is 0 Å². The molecule has 0 aliphatic heterocycles. The molecule has 0 fully saturated rings. The minimum Gasteiger partial charge on any atom is -0.310 e. The maximum atomic E-state index is 2.53. The Hall–Kier alpha value is -9.76. The molecule has 12 aromatic carbocycles. The Balaban J connectivity index is 0.991. The van der Waals surface area contributed by atoms with Crippen molar-refractivity contribution in [3.05, 3.63) is 348 Å². The molecular formula is C74H50N2. The van der Waals surface area contributed by atoms with Gasteiger partial charge in [0.05, 0.1) is 16.5 Å². The lowest BCUT2D eigenvalue weighted by molar-refractivity contribution is 0.768. The van der Waals surface area contributed by atoms with Crippen molar-refractivity contribution in [2.75, 3.05) is 9.80 Å². The number of nitrogens with zero attached hydrogens (tertiary/aromatic N) is 2. The molecule has 0 N–H and O–H groups in total. The molecule has 0 heterocycles. The van der Waals surface area contributed by atoms with Crippen molar-refractivity contribution in [2.24, 2.45) is 0 Å². The van der Waals surface area contributed by atoms with Crippen LogP contribution < -0.4 is 9.80 Å². The molecule has 1 spiro atoms. The van der Waals surface area contributed by atoms with E-state index in [1.165, 1.54) is 83.5 Å². The van der Waals surface area contributed by atoms with Crippen molar-refractivity contribution >= 4 is 34.1 Å². The van der Waals surface area contributed by atoms with Gasteiger partial charge in [0.2, 0.25) is 0 Å². The summed E-state index contributed by atoms with van der Waals surface area (Å²) in [6, 6.07) is 113. The lowest BCUT2D eigenvalue weighted by Crippen LogP contribution is -2.28. The van der Waals surface area contributed by atoms with Crippen LogP contribution in [-0.2, 0) is 10.8 Å². The van der Waals surface area contributed by atoms with Gasteiger partial charge in [-0.05, 0) is 150 Å². The zero-order valence-corrected chi connectivity index (χ0v) is 41.8. The zero-order valence-electron chi connectivity index (χ0n) is 41.8. The smallest absolute Gasteiger partial charge is 0.0727 e. The molecule has 0 saturated carbocycles. The second-order valence-electron chi connectivity index (χ2n) is 20.3. The second-order valence-corrected chi connectivity index (χ2v) is 20.3. The summed E-state index contributed by atoms with van der Waals surface area (Å²) < 4.78 is 0. The molecule has 15 rings (SSSR count). The summed E-state index contributed by atoms with van der Waals surface area (Å²) in [6.45, 7) is 0. The van der Waals surface area contributed by atoms with E-state index in [0.717, 1.165) is 39.7 Å². The number of hydrogen-bond acceptors (Lipinski definition) is 2. The van der Waals surface area contributed by atoms with Crippen LogP contribution in [0.5, 0.6) is 0 Å². The molecule has 3 aliphatic rings. The molecule has 2 heteroatoms. The van der Waals surface area contributed by atoms with E-state index in [2.05, 4.69) is 313 Å². The zero-order chi connectivity index (χ0) is 50.2. The number of hydrogen-bond donors (Lipinski definition) is 0. The largest absolute Gasteiger partial charge is 0.310 e. The molecule has 0 amide bonds. The first-order chi connectivity index (χ1) is 37.7. The van der Waals surface area contributed by atoms with Crippen molar-refractivity contribution < 1.29 is 0 Å². The maximum Gasteiger partial charge on any atom is 0.0727 e. The van der Waals surface area contributed by atoms with E-state index in [4.69, 9.17) is 0 Å². The fraction of sp³-hybridized carbons (Fsp3) is 0.0270. The average Bonchev–Trinajstić information content (AvgIpc) is 4.21. The van der Waals surface area contributed by atoms with E-state index < -0.39 is 10.8 Å². The van der Waals surface area contributed by atoms with Crippen LogP contribution in [0.3, 0.4) is 0 Å². The molecule has 0 saturated heterocycles. The summed E-state index contributed by atoms with van der Waals surface area (Å²) in [5.74, 6) is 0. The fourth-order valence-electron chi connectivity index (χ4n) is 13.5. The van der Waals surface area contributed by atoms with Gasteiger partial charge < -0.3 is 9.80 Å². The SMILES string of the molecule is c1ccc(-c2ccccc2N(c2ccc3c(c2)-c2ccccc2C3(c2ccccc2)c2ccccc2)c2ccc3c(c2)C2(c4ccccc4-c4ccc(N(c5ccccc5)c5ccccc5)cc42)c2ccccc2-3)cc1. The highest BCUT2D eigenvalue weighted by molar-refractivity contribution is 5.99. The average molecular weight is 967 g/mol. The molecule has 356 valence electrons. The van der Waals surface area contributed by atoms with Crippen molar-refractivity contribution in [2.45, 2.75) is 10.8 Å². The quantitative estimate of drug-likeness (QED) is 0.142. The van der Waals surface area contributed by atoms with E-state index in [-0.39, 0.29) is 0 Å². The number of benzene rings is 12. The molecule has 0 bridgehead atoms. The number of para-hydroxylation sites is 3. The molecule has 1 atom stereocenters. The third-order valence-corrected chi connectivity index (χ3v) is 16.5. The summed E-state index contributed by atoms with van der Waals surface area (Å²) in [6.07, 6.45) is 0. The summed E-state index contributed by atoms with van der Waals surface area (Å²) in [5, 5.41) is 0. The molecule has 0 radical (unpaired) electrons. The summed E-state index contributed by atoms with van der Waals surface area (Å²) in [7, 11) is 0. The first kappa shape index (κ1) is 43.8. The van der Waals surface area contributed by atoms with Crippen LogP contribution in [0, 0.1) is 0 Å². The number of anilines is 6. The molecule has 2 nitrogen and oxygen atoms in total.